The Morgan fingerprint density at radius 3 is 2.17 bits per heavy atom. The first-order valence-corrected chi connectivity index (χ1v) is 9.58. The second-order valence-corrected chi connectivity index (χ2v) is 7.06. The van der Waals surface area contributed by atoms with Gasteiger partial charge in [-0.05, 0) is 23.3 Å². The molecule has 4 rings (SSSR count). The van der Waals surface area contributed by atoms with Crippen molar-refractivity contribution < 1.29 is 4.52 Å². The molecule has 144 valence electrons. The number of nitrogens with zero attached hydrogens (tertiary/aromatic N) is 3. The van der Waals surface area contributed by atoms with Gasteiger partial charge in [0.1, 0.15) is 11.7 Å². The molecule has 0 aliphatic heterocycles. The largest absolute Gasteiger partial charge is 0.378 e. The van der Waals surface area contributed by atoms with E-state index in [9.17, 15) is 0 Å². The topological polar surface area (TPSA) is 41.6 Å². The molecule has 0 spiro atoms. The van der Waals surface area contributed by atoms with E-state index in [2.05, 4.69) is 46.5 Å². The molecular formula is C25H23N3O. The van der Waals surface area contributed by atoms with Crippen molar-refractivity contribution in [2.45, 2.75) is 6.04 Å². The number of rotatable bonds is 6. The molecule has 0 aliphatic rings. The third kappa shape index (κ3) is 4.43. The maximum atomic E-state index is 5.62. The molecule has 3 aromatic carbocycles. The summed E-state index contributed by atoms with van der Waals surface area (Å²) in [4.78, 5) is 6.93. The van der Waals surface area contributed by atoms with Gasteiger partial charge in [-0.15, -0.1) is 0 Å². The van der Waals surface area contributed by atoms with Crippen LogP contribution in [0, 0.1) is 0 Å². The summed E-state index contributed by atoms with van der Waals surface area (Å²) in [6.45, 7) is 0. The van der Waals surface area contributed by atoms with Gasteiger partial charge in [0.25, 0.3) is 0 Å². The maximum absolute atomic E-state index is 5.62. The molecule has 4 aromatic rings. The highest BCUT2D eigenvalue weighted by Gasteiger charge is 2.18. The summed E-state index contributed by atoms with van der Waals surface area (Å²) in [5.41, 5.74) is 5.06. The zero-order valence-electron chi connectivity index (χ0n) is 16.6. The summed E-state index contributed by atoms with van der Waals surface area (Å²) in [5, 5.41) is 4.32. The lowest BCUT2D eigenvalue weighted by atomic mass is 10.0. The highest BCUT2D eigenvalue weighted by molar-refractivity contribution is 5.80. The first-order chi connectivity index (χ1) is 14.2. The number of benzene rings is 3. The number of hydrogen-bond acceptors (Lipinski definition) is 4. The van der Waals surface area contributed by atoms with Crippen molar-refractivity contribution in [2.24, 2.45) is 4.99 Å². The number of anilines is 1. The minimum atomic E-state index is -0.231. The van der Waals surface area contributed by atoms with Gasteiger partial charge in [0.2, 0.25) is 0 Å². The van der Waals surface area contributed by atoms with Crippen LogP contribution in [0.2, 0.25) is 0 Å². The summed E-state index contributed by atoms with van der Waals surface area (Å²) in [6, 6.07) is 30.2. The number of hydrogen-bond donors (Lipinski definition) is 0. The Morgan fingerprint density at radius 1 is 0.862 bits per heavy atom. The Morgan fingerprint density at radius 2 is 1.52 bits per heavy atom. The Hall–Kier alpha value is -3.66. The molecule has 0 radical (unpaired) electrons. The third-order valence-electron chi connectivity index (χ3n) is 4.76. The summed E-state index contributed by atoms with van der Waals surface area (Å²) in [7, 11) is 4.06. The molecule has 0 fully saturated rings. The molecule has 1 aromatic heterocycles. The van der Waals surface area contributed by atoms with E-state index in [1.165, 1.54) is 0 Å². The van der Waals surface area contributed by atoms with Crippen molar-refractivity contribution in [1.82, 2.24) is 5.16 Å². The smallest absolute Gasteiger partial charge is 0.167 e. The van der Waals surface area contributed by atoms with Crippen LogP contribution in [0.5, 0.6) is 0 Å². The van der Waals surface area contributed by atoms with E-state index in [1.54, 1.807) is 0 Å². The van der Waals surface area contributed by atoms with E-state index in [-0.39, 0.29) is 6.04 Å². The normalized spacial score (nSPS) is 12.2. The van der Waals surface area contributed by atoms with Gasteiger partial charge in [-0.2, -0.15) is 0 Å². The van der Waals surface area contributed by atoms with Crippen LogP contribution in [0.15, 0.2) is 101 Å². The van der Waals surface area contributed by atoms with Gasteiger partial charge in [0, 0.05) is 37.6 Å². The number of aromatic nitrogens is 1. The quantitative estimate of drug-likeness (QED) is 0.407. The van der Waals surface area contributed by atoms with Crippen LogP contribution in [0.25, 0.3) is 11.3 Å². The minimum Gasteiger partial charge on any atom is -0.378 e. The van der Waals surface area contributed by atoms with Crippen LogP contribution in [0.3, 0.4) is 0 Å². The van der Waals surface area contributed by atoms with Gasteiger partial charge in [0.15, 0.2) is 5.76 Å². The summed E-state index contributed by atoms with van der Waals surface area (Å²) in [5.74, 6) is 0.743. The molecule has 0 saturated heterocycles. The Balaban J connectivity index is 1.65. The fourth-order valence-electron chi connectivity index (χ4n) is 3.14. The van der Waals surface area contributed by atoms with Gasteiger partial charge >= 0.3 is 0 Å². The van der Waals surface area contributed by atoms with E-state index in [0.717, 1.165) is 33.8 Å². The van der Waals surface area contributed by atoms with Gasteiger partial charge < -0.3 is 9.42 Å². The molecule has 0 N–H and O–H groups in total. The second-order valence-electron chi connectivity index (χ2n) is 7.06. The van der Waals surface area contributed by atoms with Gasteiger partial charge in [-0.3, -0.25) is 4.99 Å². The Bertz CT molecular complexity index is 1070. The molecule has 0 saturated carbocycles. The van der Waals surface area contributed by atoms with Crippen LogP contribution in [0.4, 0.5) is 5.69 Å². The van der Waals surface area contributed by atoms with Crippen LogP contribution in [-0.2, 0) is 0 Å². The third-order valence-corrected chi connectivity index (χ3v) is 4.76. The molecule has 4 heteroatoms. The standard InChI is InChI=1S/C25H23N3O/c1-28(2)22-15-13-19(14-16-22)18-26-25(21-11-7-4-8-12-21)23-17-24(29-27-23)20-9-5-3-6-10-20/h3-18,25H,1-2H3. The molecule has 1 unspecified atom stereocenters. The van der Waals surface area contributed by atoms with Crippen molar-refractivity contribution >= 4 is 11.9 Å². The minimum absolute atomic E-state index is 0.231. The Labute approximate surface area is 171 Å². The van der Waals surface area contributed by atoms with Gasteiger partial charge in [0.05, 0.1) is 0 Å². The van der Waals surface area contributed by atoms with E-state index in [0.29, 0.717) is 0 Å². The lowest BCUT2D eigenvalue weighted by molar-refractivity contribution is 0.420. The molecule has 1 heterocycles. The van der Waals surface area contributed by atoms with Crippen molar-refractivity contribution in [3.05, 3.63) is 108 Å². The molecule has 1 atom stereocenters. The van der Waals surface area contributed by atoms with Crippen LogP contribution in [-0.4, -0.2) is 25.5 Å². The summed E-state index contributed by atoms with van der Waals surface area (Å²) in [6.07, 6.45) is 1.90. The zero-order valence-corrected chi connectivity index (χ0v) is 16.6. The average Bonchev–Trinajstić information content (AvgIpc) is 3.26. The van der Waals surface area contributed by atoms with E-state index in [4.69, 9.17) is 9.52 Å². The zero-order chi connectivity index (χ0) is 20.1. The molecule has 0 aliphatic carbocycles. The van der Waals surface area contributed by atoms with E-state index < -0.39 is 0 Å². The van der Waals surface area contributed by atoms with Crippen LogP contribution < -0.4 is 4.90 Å². The van der Waals surface area contributed by atoms with Crippen LogP contribution in [0.1, 0.15) is 22.9 Å². The first kappa shape index (κ1) is 18.7. The highest BCUT2D eigenvalue weighted by Crippen LogP contribution is 2.29. The monoisotopic (exact) mass is 381 g/mol. The fourth-order valence-corrected chi connectivity index (χ4v) is 3.14. The lowest BCUT2D eigenvalue weighted by Gasteiger charge is -2.12. The van der Waals surface area contributed by atoms with Crippen molar-refractivity contribution in [2.75, 3.05) is 19.0 Å². The highest BCUT2D eigenvalue weighted by atomic mass is 16.5. The van der Waals surface area contributed by atoms with Crippen molar-refractivity contribution in [1.29, 1.82) is 0 Å². The number of aliphatic imine (C=N–C) groups is 1. The first-order valence-electron chi connectivity index (χ1n) is 9.58. The summed E-state index contributed by atoms with van der Waals surface area (Å²) < 4.78 is 5.62. The van der Waals surface area contributed by atoms with E-state index in [1.807, 2.05) is 74.9 Å². The van der Waals surface area contributed by atoms with Crippen molar-refractivity contribution in [3.63, 3.8) is 0 Å². The van der Waals surface area contributed by atoms with Crippen molar-refractivity contribution in [3.8, 4) is 11.3 Å². The molecule has 0 bridgehead atoms. The predicted molar refractivity (Wildman–Crippen MR) is 119 cm³/mol. The van der Waals surface area contributed by atoms with E-state index >= 15 is 0 Å². The molecule has 0 amide bonds. The maximum Gasteiger partial charge on any atom is 0.167 e. The second kappa shape index (κ2) is 8.57. The average molecular weight is 381 g/mol. The lowest BCUT2D eigenvalue weighted by Crippen LogP contribution is -2.08. The summed E-state index contributed by atoms with van der Waals surface area (Å²) >= 11 is 0. The van der Waals surface area contributed by atoms with Crippen LogP contribution >= 0.6 is 0 Å². The fraction of sp³-hybridized carbons (Fsp3) is 0.120. The Kier molecular flexibility index (Phi) is 5.52. The van der Waals surface area contributed by atoms with Gasteiger partial charge in [-0.1, -0.05) is 78.0 Å². The molecule has 4 nitrogen and oxygen atoms in total. The molecular weight excluding hydrogens is 358 g/mol. The predicted octanol–water partition coefficient (Wildman–Crippen LogP) is 5.62. The SMILES string of the molecule is CN(C)c1ccc(C=NC(c2ccccc2)c2cc(-c3ccccc3)on2)cc1. The van der Waals surface area contributed by atoms with Gasteiger partial charge in [-0.25, -0.2) is 0 Å². The molecule has 29 heavy (non-hydrogen) atoms.